The Morgan fingerprint density at radius 3 is 2.26 bits per heavy atom. The number of sulfone groups is 1. The molecule has 0 spiro atoms. The molecular weight excluding hydrogens is 262 g/mol. The van der Waals surface area contributed by atoms with Gasteiger partial charge in [-0.05, 0) is 37.5 Å². The Balaban J connectivity index is 1.67. The predicted octanol–water partition coefficient (Wildman–Crippen LogP) is 1.24. The summed E-state index contributed by atoms with van der Waals surface area (Å²) in [6, 6.07) is 8.11. The van der Waals surface area contributed by atoms with Crippen LogP contribution in [0.4, 0.5) is 0 Å². The van der Waals surface area contributed by atoms with E-state index in [0.717, 1.165) is 18.6 Å². The van der Waals surface area contributed by atoms with Crippen LogP contribution in [0.15, 0.2) is 24.3 Å². The van der Waals surface area contributed by atoms with E-state index < -0.39 is 9.84 Å². The summed E-state index contributed by atoms with van der Waals surface area (Å²) in [6.07, 6.45) is 2.11. The van der Waals surface area contributed by atoms with Crippen molar-refractivity contribution in [3.8, 4) is 5.75 Å². The Labute approximate surface area is 113 Å². The van der Waals surface area contributed by atoms with Crippen molar-refractivity contribution in [2.45, 2.75) is 37.3 Å². The molecule has 0 bridgehead atoms. The Kier molecular flexibility index (Phi) is 2.87. The van der Waals surface area contributed by atoms with Gasteiger partial charge in [-0.2, -0.15) is 0 Å². The van der Waals surface area contributed by atoms with Gasteiger partial charge >= 0.3 is 0 Å². The van der Waals surface area contributed by atoms with E-state index in [1.54, 1.807) is 0 Å². The fourth-order valence-electron chi connectivity index (χ4n) is 2.79. The highest BCUT2D eigenvalue weighted by atomic mass is 32.2. The van der Waals surface area contributed by atoms with Gasteiger partial charge in [0.05, 0.1) is 11.5 Å². The SMILES string of the molecule is CC(N)C1(c2ccc(OC3CS(=O)(=O)C3)cc2)CC1. The monoisotopic (exact) mass is 281 g/mol. The van der Waals surface area contributed by atoms with Crippen molar-refractivity contribution in [2.75, 3.05) is 11.5 Å². The summed E-state index contributed by atoms with van der Waals surface area (Å²) in [5.41, 5.74) is 7.46. The number of rotatable bonds is 4. The molecule has 1 aliphatic heterocycles. The van der Waals surface area contributed by atoms with Gasteiger partial charge in [0.15, 0.2) is 9.84 Å². The van der Waals surface area contributed by atoms with Crippen molar-refractivity contribution in [3.63, 3.8) is 0 Å². The first-order chi connectivity index (χ1) is 8.91. The normalized spacial score (nSPS) is 25.4. The molecule has 1 heterocycles. The van der Waals surface area contributed by atoms with E-state index in [1.807, 2.05) is 12.1 Å². The van der Waals surface area contributed by atoms with Gasteiger partial charge in [-0.25, -0.2) is 8.42 Å². The van der Waals surface area contributed by atoms with Gasteiger partial charge in [-0.15, -0.1) is 0 Å². The quantitative estimate of drug-likeness (QED) is 0.901. The van der Waals surface area contributed by atoms with Gasteiger partial charge < -0.3 is 10.5 Å². The highest BCUT2D eigenvalue weighted by Crippen LogP contribution is 2.50. The zero-order chi connectivity index (χ0) is 13.7. The van der Waals surface area contributed by atoms with Gasteiger partial charge in [0.2, 0.25) is 0 Å². The van der Waals surface area contributed by atoms with E-state index in [0.29, 0.717) is 0 Å². The highest BCUT2D eigenvalue weighted by Gasteiger charge is 2.47. The van der Waals surface area contributed by atoms with Crippen LogP contribution in [0.3, 0.4) is 0 Å². The lowest BCUT2D eigenvalue weighted by Gasteiger charge is -2.27. The second-order valence-electron chi connectivity index (χ2n) is 5.79. The van der Waals surface area contributed by atoms with Crippen molar-refractivity contribution in [3.05, 3.63) is 29.8 Å². The van der Waals surface area contributed by atoms with Crippen molar-refractivity contribution < 1.29 is 13.2 Å². The summed E-state index contributed by atoms with van der Waals surface area (Å²) in [7, 11) is -2.82. The number of ether oxygens (including phenoxy) is 1. The van der Waals surface area contributed by atoms with Gasteiger partial charge in [-0.3, -0.25) is 0 Å². The van der Waals surface area contributed by atoms with Crippen molar-refractivity contribution in [2.24, 2.45) is 5.73 Å². The molecule has 1 atom stereocenters. The van der Waals surface area contributed by atoms with Crippen LogP contribution in [0.2, 0.25) is 0 Å². The predicted molar refractivity (Wildman–Crippen MR) is 74.1 cm³/mol. The van der Waals surface area contributed by atoms with E-state index in [9.17, 15) is 8.42 Å². The third kappa shape index (κ3) is 2.37. The van der Waals surface area contributed by atoms with Crippen LogP contribution in [-0.4, -0.2) is 32.1 Å². The molecule has 0 aromatic heterocycles. The van der Waals surface area contributed by atoms with Crippen LogP contribution in [0.25, 0.3) is 0 Å². The largest absolute Gasteiger partial charge is 0.488 e. The first-order valence-corrected chi connectivity index (χ1v) is 8.47. The van der Waals surface area contributed by atoms with Gasteiger partial charge in [-0.1, -0.05) is 12.1 Å². The second-order valence-corrected chi connectivity index (χ2v) is 7.94. The second kappa shape index (κ2) is 4.21. The smallest absolute Gasteiger partial charge is 0.157 e. The van der Waals surface area contributed by atoms with Crippen LogP contribution in [0.5, 0.6) is 5.75 Å². The average Bonchev–Trinajstić information content (AvgIpc) is 3.08. The van der Waals surface area contributed by atoms with Crippen LogP contribution < -0.4 is 10.5 Å². The molecule has 2 fully saturated rings. The molecular formula is C14H19NO3S. The maximum Gasteiger partial charge on any atom is 0.157 e. The molecule has 1 unspecified atom stereocenters. The maximum absolute atomic E-state index is 11.1. The number of nitrogens with two attached hydrogens (primary N) is 1. The molecule has 0 amide bonds. The van der Waals surface area contributed by atoms with Gasteiger partial charge in [0, 0.05) is 11.5 Å². The van der Waals surface area contributed by atoms with Crippen LogP contribution in [0.1, 0.15) is 25.3 Å². The highest BCUT2D eigenvalue weighted by molar-refractivity contribution is 7.92. The molecule has 104 valence electrons. The number of hydrogen-bond donors (Lipinski definition) is 1. The lowest BCUT2D eigenvalue weighted by molar-refractivity contribution is 0.230. The van der Waals surface area contributed by atoms with Crippen LogP contribution in [0, 0.1) is 0 Å². The van der Waals surface area contributed by atoms with Gasteiger partial charge in [0.1, 0.15) is 11.9 Å². The van der Waals surface area contributed by atoms with Crippen LogP contribution >= 0.6 is 0 Å². The fourth-order valence-corrected chi connectivity index (χ4v) is 3.96. The Morgan fingerprint density at radius 2 is 1.84 bits per heavy atom. The van der Waals surface area contributed by atoms with Crippen molar-refractivity contribution in [1.29, 1.82) is 0 Å². The minimum atomic E-state index is -2.82. The van der Waals surface area contributed by atoms with E-state index in [4.69, 9.17) is 10.5 Å². The molecule has 2 N–H and O–H groups in total. The summed E-state index contributed by atoms with van der Waals surface area (Å²) >= 11 is 0. The molecule has 19 heavy (non-hydrogen) atoms. The molecule has 1 aromatic carbocycles. The average molecular weight is 281 g/mol. The first kappa shape index (κ1) is 12.9. The molecule has 4 nitrogen and oxygen atoms in total. The van der Waals surface area contributed by atoms with Gasteiger partial charge in [0.25, 0.3) is 0 Å². The molecule has 1 aliphatic carbocycles. The van der Waals surface area contributed by atoms with E-state index in [2.05, 4.69) is 19.1 Å². The summed E-state index contributed by atoms with van der Waals surface area (Å²) in [5.74, 6) is 1.01. The first-order valence-electron chi connectivity index (χ1n) is 6.64. The molecule has 5 heteroatoms. The topological polar surface area (TPSA) is 69.4 Å². The van der Waals surface area contributed by atoms with E-state index >= 15 is 0 Å². The zero-order valence-electron chi connectivity index (χ0n) is 11.0. The van der Waals surface area contributed by atoms with E-state index in [-0.39, 0.29) is 29.1 Å². The Bertz CT molecular complexity index is 561. The fraction of sp³-hybridized carbons (Fsp3) is 0.571. The lowest BCUT2D eigenvalue weighted by Crippen LogP contribution is -2.45. The summed E-state index contributed by atoms with van der Waals surface area (Å²) < 4.78 is 27.7. The minimum absolute atomic E-state index is 0.137. The number of benzene rings is 1. The minimum Gasteiger partial charge on any atom is -0.488 e. The third-order valence-electron chi connectivity index (χ3n) is 4.27. The molecule has 0 radical (unpaired) electrons. The van der Waals surface area contributed by atoms with Crippen molar-refractivity contribution in [1.82, 2.24) is 0 Å². The zero-order valence-corrected chi connectivity index (χ0v) is 11.8. The standard InChI is InChI=1S/C14H19NO3S/c1-10(15)14(6-7-14)11-2-4-12(5-3-11)18-13-8-19(16,17)9-13/h2-5,10,13H,6-9,15H2,1H3. The molecule has 2 aliphatic rings. The third-order valence-corrected chi connectivity index (χ3v) is 6.03. The number of hydrogen-bond acceptors (Lipinski definition) is 4. The molecule has 1 saturated heterocycles. The molecule has 3 rings (SSSR count). The molecule has 1 saturated carbocycles. The summed E-state index contributed by atoms with van der Waals surface area (Å²) in [4.78, 5) is 0. The Morgan fingerprint density at radius 1 is 1.26 bits per heavy atom. The lowest BCUT2D eigenvalue weighted by atomic mass is 9.89. The van der Waals surface area contributed by atoms with Crippen LogP contribution in [-0.2, 0) is 15.3 Å². The van der Waals surface area contributed by atoms with E-state index in [1.165, 1.54) is 5.56 Å². The molecule has 1 aromatic rings. The van der Waals surface area contributed by atoms with Crippen molar-refractivity contribution >= 4 is 9.84 Å². The maximum atomic E-state index is 11.1. The summed E-state index contributed by atoms with van der Waals surface area (Å²) in [6.45, 7) is 2.05. The summed E-state index contributed by atoms with van der Waals surface area (Å²) in [5, 5.41) is 0. The Hall–Kier alpha value is -1.07.